The normalized spacial score (nSPS) is 16.7. The van der Waals surface area contributed by atoms with Gasteiger partial charge in [0.15, 0.2) is 0 Å². The summed E-state index contributed by atoms with van der Waals surface area (Å²) in [6.45, 7) is 4.46. The van der Waals surface area contributed by atoms with E-state index in [1.54, 1.807) is 0 Å². The lowest BCUT2D eigenvalue weighted by Crippen LogP contribution is -2.43. The van der Waals surface area contributed by atoms with Crippen molar-refractivity contribution in [2.75, 3.05) is 18.4 Å². The predicted octanol–water partition coefficient (Wildman–Crippen LogP) is 4.55. The number of anilines is 1. The smallest absolute Gasteiger partial charge is 0.370 e. The Morgan fingerprint density at radius 3 is 2.32 bits per heavy atom. The Labute approximate surface area is 163 Å². The largest absolute Gasteiger partial charge is 0.417 e. The van der Waals surface area contributed by atoms with Crippen LogP contribution in [0.5, 0.6) is 0 Å². The van der Waals surface area contributed by atoms with Crippen molar-refractivity contribution in [3.05, 3.63) is 64.1 Å². The van der Waals surface area contributed by atoms with Gasteiger partial charge < -0.3 is 9.88 Å². The molecule has 1 fully saturated rings. The molecule has 1 N–H and O–H groups in total. The zero-order valence-electron chi connectivity index (χ0n) is 16.0. The quantitative estimate of drug-likeness (QED) is 0.782. The molecule has 1 saturated heterocycles. The van der Waals surface area contributed by atoms with Crippen LogP contribution in [0.2, 0.25) is 0 Å². The molecule has 0 amide bonds. The topological polar surface area (TPSA) is 37.3 Å². The maximum absolute atomic E-state index is 12.9. The number of piperidine rings is 1. The van der Waals surface area contributed by atoms with Crippen molar-refractivity contribution in [2.24, 2.45) is 0 Å². The summed E-state index contributed by atoms with van der Waals surface area (Å²) < 4.78 is 39.7. The summed E-state index contributed by atoms with van der Waals surface area (Å²) in [4.78, 5) is 14.4. The molecule has 28 heavy (non-hydrogen) atoms. The molecule has 1 aromatic carbocycles. The van der Waals surface area contributed by atoms with Crippen LogP contribution in [0.3, 0.4) is 0 Å². The second kappa shape index (κ2) is 8.82. The molecule has 3 rings (SSSR count). The van der Waals surface area contributed by atoms with Crippen molar-refractivity contribution in [3.8, 4) is 0 Å². The van der Waals surface area contributed by atoms with Gasteiger partial charge in [0.25, 0.3) is 5.56 Å². The van der Waals surface area contributed by atoms with Gasteiger partial charge in [0.05, 0.1) is 18.3 Å². The molecule has 2 heterocycles. The number of hydrogen-bond acceptors (Lipinski definition) is 3. The van der Waals surface area contributed by atoms with Crippen molar-refractivity contribution >= 4 is 5.69 Å². The van der Waals surface area contributed by atoms with E-state index in [1.165, 1.54) is 19.3 Å². The number of halogens is 3. The number of nitrogens with one attached hydrogen (secondary N) is 1. The van der Waals surface area contributed by atoms with E-state index >= 15 is 0 Å². The zero-order chi connectivity index (χ0) is 20.1. The monoisotopic (exact) mass is 393 g/mol. The Balaban J connectivity index is 1.68. The van der Waals surface area contributed by atoms with Crippen molar-refractivity contribution in [1.29, 1.82) is 0 Å². The second-order valence-electron chi connectivity index (χ2n) is 7.24. The number of rotatable bonds is 6. The first-order valence-corrected chi connectivity index (χ1v) is 9.74. The molecule has 0 radical (unpaired) electrons. The van der Waals surface area contributed by atoms with Crippen LogP contribution in [0.4, 0.5) is 18.9 Å². The van der Waals surface area contributed by atoms with Gasteiger partial charge in [0.2, 0.25) is 0 Å². The van der Waals surface area contributed by atoms with Crippen LogP contribution in [-0.2, 0) is 12.7 Å². The standard InChI is InChI=1S/C21H26F3N3O/c1-2-19(26-12-4-3-5-13-26)25-18-9-6-16(7-10-18)14-27-15-17(21(22,23)24)8-11-20(27)28/h6-11,15,19,25H,2-5,12-14H2,1H3. The summed E-state index contributed by atoms with van der Waals surface area (Å²) in [5.41, 5.74) is 0.472. The summed E-state index contributed by atoms with van der Waals surface area (Å²) in [6.07, 6.45) is 1.41. The van der Waals surface area contributed by atoms with Gasteiger partial charge in [-0.3, -0.25) is 9.69 Å². The molecule has 1 aromatic heterocycles. The van der Waals surface area contributed by atoms with Gasteiger partial charge in [-0.15, -0.1) is 0 Å². The van der Waals surface area contributed by atoms with Crippen molar-refractivity contribution < 1.29 is 13.2 Å². The molecular formula is C21H26F3N3O. The van der Waals surface area contributed by atoms with E-state index in [0.717, 1.165) is 53.7 Å². The number of likely N-dealkylation sites (tertiary alicyclic amines) is 1. The Morgan fingerprint density at radius 2 is 1.71 bits per heavy atom. The van der Waals surface area contributed by atoms with Crippen LogP contribution in [0.1, 0.15) is 43.7 Å². The number of nitrogens with zero attached hydrogens (tertiary/aromatic N) is 2. The van der Waals surface area contributed by atoms with E-state index in [1.807, 2.05) is 24.3 Å². The highest BCUT2D eigenvalue weighted by Crippen LogP contribution is 2.28. The van der Waals surface area contributed by atoms with Gasteiger partial charge in [0, 0.05) is 31.0 Å². The summed E-state index contributed by atoms with van der Waals surface area (Å²) >= 11 is 0. The third-order valence-electron chi connectivity index (χ3n) is 5.17. The van der Waals surface area contributed by atoms with Gasteiger partial charge in [-0.05, 0) is 43.0 Å². The lowest BCUT2D eigenvalue weighted by molar-refractivity contribution is -0.138. The predicted molar refractivity (Wildman–Crippen MR) is 104 cm³/mol. The Morgan fingerprint density at radius 1 is 1.04 bits per heavy atom. The molecule has 1 aliphatic heterocycles. The molecule has 1 unspecified atom stereocenters. The first-order valence-electron chi connectivity index (χ1n) is 9.74. The maximum atomic E-state index is 12.9. The summed E-state index contributed by atoms with van der Waals surface area (Å²) in [5.74, 6) is 0. The lowest BCUT2D eigenvalue weighted by atomic mass is 10.1. The van der Waals surface area contributed by atoms with Gasteiger partial charge in [0.1, 0.15) is 0 Å². The SMILES string of the molecule is CCC(Nc1ccc(Cn2cc(C(F)(F)F)ccc2=O)cc1)N1CCCCC1. The molecule has 1 atom stereocenters. The van der Waals surface area contributed by atoms with Crippen LogP contribution >= 0.6 is 0 Å². The van der Waals surface area contributed by atoms with Crippen LogP contribution in [0, 0.1) is 0 Å². The molecule has 0 bridgehead atoms. The fraction of sp³-hybridized carbons (Fsp3) is 0.476. The number of benzene rings is 1. The number of aromatic nitrogens is 1. The van der Waals surface area contributed by atoms with Crippen molar-refractivity contribution in [2.45, 2.75) is 51.5 Å². The number of pyridine rings is 1. The number of hydrogen-bond donors (Lipinski definition) is 1. The molecule has 4 nitrogen and oxygen atoms in total. The van der Waals surface area contributed by atoms with Crippen LogP contribution in [0.25, 0.3) is 0 Å². The first kappa shape index (κ1) is 20.5. The summed E-state index contributed by atoms with van der Waals surface area (Å²) in [6, 6.07) is 9.30. The second-order valence-corrected chi connectivity index (χ2v) is 7.24. The molecule has 152 valence electrons. The van der Waals surface area contributed by atoms with E-state index in [4.69, 9.17) is 0 Å². The molecule has 2 aromatic rings. The average molecular weight is 393 g/mol. The van der Waals surface area contributed by atoms with E-state index in [9.17, 15) is 18.0 Å². The highest BCUT2D eigenvalue weighted by molar-refractivity contribution is 5.45. The third kappa shape index (κ3) is 5.16. The van der Waals surface area contributed by atoms with E-state index in [-0.39, 0.29) is 12.7 Å². The summed E-state index contributed by atoms with van der Waals surface area (Å²) in [5, 5.41) is 3.54. The van der Waals surface area contributed by atoms with Crippen molar-refractivity contribution in [3.63, 3.8) is 0 Å². The Bertz CT molecular complexity index is 824. The molecule has 0 saturated carbocycles. The fourth-order valence-electron chi connectivity index (χ4n) is 3.60. The highest BCUT2D eigenvalue weighted by atomic mass is 19.4. The van der Waals surface area contributed by atoms with E-state index in [2.05, 4.69) is 17.1 Å². The van der Waals surface area contributed by atoms with Gasteiger partial charge in [-0.25, -0.2) is 0 Å². The molecule has 0 spiro atoms. The molecule has 0 aliphatic carbocycles. The van der Waals surface area contributed by atoms with Crippen molar-refractivity contribution in [1.82, 2.24) is 9.47 Å². The van der Waals surface area contributed by atoms with E-state index in [0.29, 0.717) is 0 Å². The zero-order valence-corrected chi connectivity index (χ0v) is 16.0. The average Bonchev–Trinajstić information content (AvgIpc) is 2.69. The van der Waals surface area contributed by atoms with E-state index < -0.39 is 17.3 Å². The highest BCUT2D eigenvalue weighted by Gasteiger charge is 2.31. The van der Waals surface area contributed by atoms with Gasteiger partial charge in [-0.1, -0.05) is 25.5 Å². The van der Waals surface area contributed by atoms with Crippen LogP contribution in [-0.4, -0.2) is 28.7 Å². The molecule has 1 aliphatic rings. The first-order chi connectivity index (χ1) is 13.4. The Kier molecular flexibility index (Phi) is 6.44. The van der Waals surface area contributed by atoms with Crippen LogP contribution in [0.15, 0.2) is 47.4 Å². The minimum atomic E-state index is -4.47. The minimum absolute atomic E-state index is 0.104. The lowest BCUT2D eigenvalue weighted by Gasteiger charge is -2.35. The maximum Gasteiger partial charge on any atom is 0.417 e. The minimum Gasteiger partial charge on any atom is -0.370 e. The van der Waals surface area contributed by atoms with Gasteiger partial charge in [-0.2, -0.15) is 13.2 Å². The molecular weight excluding hydrogens is 367 g/mol. The Hall–Kier alpha value is -2.28. The van der Waals surface area contributed by atoms with Crippen LogP contribution < -0.4 is 10.9 Å². The third-order valence-corrected chi connectivity index (χ3v) is 5.17. The van der Waals surface area contributed by atoms with Gasteiger partial charge >= 0.3 is 6.18 Å². The summed E-state index contributed by atoms with van der Waals surface area (Å²) in [7, 11) is 0. The molecule has 7 heteroatoms. The number of alkyl halides is 3. The fourth-order valence-corrected chi connectivity index (χ4v) is 3.60.